The van der Waals surface area contributed by atoms with Gasteiger partial charge in [0.05, 0.1) is 12.1 Å². The maximum Gasteiger partial charge on any atom is 0.241 e. The standard InChI is InChI=1S/C4H6N2.C4H10N2.NO3/c1-6-3-2-5-4-6;1-2-6-4-3-5-1;2-1(3)4/h2-4H,1H3;5-6H,1-4H2;/q;;-1/p+1. The highest BCUT2D eigenvalue weighted by Gasteiger charge is 1.91. The molecule has 2 heterocycles. The SMILES string of the molecule is C1CNCCN1.C[n+]1cc[nH]c1.O=[N+]([O-])[O-]. The average Bonchev–Trinajstić information content (AvgIpc) is 2.72. The molecule has 3 N–H and O–H groups in total. The fourth-order valence-electron chi connectivity index (χ4n) is 0.968. The zero-order chi connectivity index (χ0) is 12.2. The van der Waals surface area contributed by atoms with Crippen molar-refractivity contribution in [2.75, 3.05) is 26.2 Å². The molecule has 2 rings (SSSR count). The summed E-state index contributed by atoms with van der Waals surface area (Å²) in [6.07, 6.45) is 5.69. The Balaban J connectivity index is 0.000000217. The highest BCUT2D eigenvalue weighted by atomic mass is 16.9. The number of aryl methyl sites for hydroxylation is 1. The van der Waals surface area contributed by atoms with Crippen LogP contribution in [0.3, 0.4) is 0 Å². The maximum atomic E-state index is 8.25. The molecule has 0 radical (unpaired) electrons. The summed E-state index contributed by atoms with van der Waals surface area (Å²) < 4.78 is 1.94. The van der Waals surface area contributed by atoms with Gasteiger partial charge in [0, 0.05) is 26.2 Å². The number of nitrogens with zero attached hydrogens (tertiary/aromatic N) is 2. The van der Waals surface area contributed by atoms with Crippen LogP contribution in [0.2, 0.25) is 0 Å². The van der Waals surface area contributed by atoms with Gasteiger partial charge in [-0.1, -0.05) is 0 Å². The van der Waals surface area contributed by atoms with Crippen molar-refractivity contribution in [1.82, 2.24) is 15.6 Å². The average molecular weight is 231 g/mol. The van der Waals surface area contributed by atoms with Crippen LogP contribution in [-0.2, 0) is 7.05 Å². The van der Waals surface area contributed by atoms with Crippen LogP contribution in [-0.4, -0.2) is 36.2 Å². The Labute approximate surface area is 93.4 Å². The predicted molar refractivity (Wildman–Crippen MR) is 58.1 cm³/mol. The number of piperazine rings is 1. The van der Waals surface area contributed by atoms with Gasteiger partial charge in [-0.05, 0) is 0 Å². The van der Waals surface area contributed by atoms with E-state index in [1.165, 1.54) is 0 Å². The molecular weight excluding hydrogens is 214 g/mol. The molecule has 0 aromatic carbocycles. The lowest BCUT2D eigenvalue weighted by Gasteiger charge is -2.11. The third-order valence-electron chi connectivity index (χ3n) is 1.64. The monoisotopic (exact) mass is 231 g/mol. The topological polar surface area (TPSA) is 110 Å². The Morgan fingerprint density at radius 2 is 1.62 bits per heavy atom. The van der Waals surface area contributed by atoms with Gasteiger partial charge in [0.1, 0.15) is 12.4 Å². The first kappa shape index (κ1) is 14.3. The van der Waals surface area contributed by atoms with Crippen LogP contribution in [0.15, 0.2) is 18.7 Å². The third kappa shape index (κ3) is 12.3. The summed E-state index contributed by atoms with van der Waals surface area (Å²) in [6, 6.07) is 0. The van der Waals surface area contributed by atoms with Gasteiger partial charge in [-0.25, -0.2) is 4.57 Å². The summed E-state index contributed by atoms with van der Waals surface area (Å²) in [5.41, 5.74) is 0. The van der Waals surface area contributed by atoms with E-state index < -0.39 is 5.09 Å². The van der Waals surface area contributed by atoms with Gasteiger partial charge in [-0.15, -0.1) is 0 Å². The third-order valence-corrected chi connectivity index (χ3v) is 1.64. The van der Waals surface area contributed by atoms with Gasteiger partial charge >= 0.3 is 0 Å². The van der Waals surface area contributed by atoms with E-state index in [2.05, 4.69) is 15.6 Å². The Morgan fingerprint density at radius 3 is 1.75 bits per heavy atom. The Kier molecular flexibility index (Phi) is 8.84. The van der Waals surface area contributed by atoms with Crippen molar-refractivity contribution < 1.29 is 9.65 Å². The molecule has 1 aliphatic rings. The number of rotatable bonds is 0. The van der Waals surface area contributed by atoms with Crippen LogP contribution in [0.25, 0.3) is 0 Å². The molecule has 0 aliphatic carbocycles. The van der Waals surface area contributed by atoms with Crippen molar-refractivity contribution in [3.8, 4) is 0 Å². The van der Waals surface area contributed by atoms with E-state index >= 15 is 0 Å². The minimum absolute atomic E-state index is 1.14. The van der Waals surface area contributed by atoms with Crippen LogP contribution >= 0.6 is 0 Å². The van der Waals surface area contributed by atoms with Gasteiger partial charge in [-0.2, -0.15) is 0 Å². The molecule has 1 saturated heterocycles. The summed E-state index contributed by atoms with van der Waals surface area (Å²) in [4.78, 5) is 11.1. The molecule has 8 heteroatoms. The number of aromatic nitrogens is 2. The number of nitrogens with one attached hydrogen (secondary N) is 3. The van der Waals surface area contributed by atoms with Gasteiger partial charge in [0.25, 0.3) is 0 Å². The molecule has 0 atom stereocenters. The lowest BCUT2D eigenvalue weighted by Crippen LogP contribution is -2.39. The molecule has 0 saturated carbocycles. The van der Waals surface area contributed by atoms with Crippen LogP contribution in [0.1, 0.15) is 0 Å². The van der Waals surface area contributed by atoms with Crippen molar-refractivity contribution in [3.05, 3.63) is 34.0 Å². The molecule has 0 amide bonds. The van der Waals surface area contributed by atoms with Crippen LogP contribution in [0, 0.1) is 15.3 Å². The van der Waals surface area contributed by atoms with Crippen molar-refractivity contribution in [2.45, 2.75) is 0 Å². The highest BCUT2D eigenvalue weighted by Crippen LogP contribution is 1.65. The number of aromatic amines is 1. The highest BCUT2D eigenvalue weighted by molar-refractivity contribution is 4.59. The number of hydrogen-bond donors (Lipinski definition) is 3. The van der Waals surface area contributed by atoms with Crippen molar-refractivity contribution in [3.63, 3.8) is 0 Å². The molecular formula is C8H17N5O3. The van der Waals surface area contributed by atoms with E-state index in [-0.39, 0.29) is 0 Å². The van der Waals surface area contributed by atoms with Crippen LogP contribution < -0.4 is 15.2 Å². The lowest BCUT2D eigenvalue weighted by atomic mass is 10.4. The Bertz CT molecular complexity index is 245. The molecule has 1 aliphatic heterocycles. The summed E-state index contributed by atoms with van der Waals surface area (Å²) >= 11 is 0. The normalized spacial score (nSPS) is 13.8. The Hall–Kier alpha value is -1.67. The molecule has 16 heavy (non-hydrogen) atoms. The minimum Gasteiger partial charge on any atom is -0.356 e. The van der Waals surface area contributed by atoms with E-state index in [1.807, 2.05) is 30.3 Å². The predicted octanol–water partition coefficient (Wildman–Crippen LogP) is -1.22. The molecule has 0 bridgehead atoms. The van der Waals surface area contributed by atoms with Gasteiger partial charge in [0.2, 0.25) is 6.33 Å². The van der Waals surface area contributed by atoms with Crippen molar-refractivity contribution >= 4 is 0 Å². The largest absolute Gasteiger partial charge is 0.356 e. The number of H-pyrrole nitrogens is 1. The second-order valence-corrected chi connectivity index (χ2v) is 3.00. The maximum absolute atomic E-state index is 8.25. The Morgan fingerprint density at radius 1 is 1.19 bits per heavy atom. The first-order chi connectivity index (χ1) is 7.63. The van der Waals surface area contributed by atoms with Crippen molar-refractivity contribution in [1.29, 1.82) is 0 Å². The molecule has 1 aromatic rings. The van der Waals surface area contributed by atoms with E-state index in [9.17, 15) is 0 Å². The molecule has 8 nitrogen and oxygen atoms in total. The molecule has 0 spiro atoms. The molecule has 0 unspecified atom stereocenters. The smallest absolute Gasteiger partial charge is 0.241 e. The fraction of sp³-hybridized carbons (Fsp3) is 0.625. The van der Waals surface area contributed by atoms with E-state index in [0.717, 1.165) is 26.2 Å². The van der Waals surface area contributed by atoms with Crippen LogP contribution in [0.5, 0.6) is 0 Å². The van der Waals surface area contributed by atoms with Crippen LogP contribution in [0.4, 0.5) is 0 Å². The van der Waals surface area contributed by atoms with E-state index in [4.69, 9.17) is 15.3 Å². The quantitative estimate of drug-likeness (QED) is 0.294. The second kappa shape index (κ2) is 9.87. The summed E-state index contributed by atoms with van der Waals surface area (Å²) in [6.45, 7) is 4.56. The molecule has 92 valence electrons. The van der Waals surface area contributed by atoms with Gasteiger partial charge in [-0.3, -0.25) is 4.98 Å². The zero-order valence-electron chi connectivity index (χ0n) is 9.18. The van der Waals surface area contributed by atoms with Gasteiger partial charge in [0.15, 0.2) is 0 Å². The van der Waals surface area contributed by atoms with Crippen molar-refractivity contribution in [2.24, 2.45) is 7.05 Å². The second-order valence-electron chi connectivity index (χ2n) is 3.00. The van der Waals surface area contributed by atoms with Gasteiger partial charge < -0.3 is 26.0 Å². The van der Waals surface area contributed by atoms with E-state index in [0.29, 0.717) is 0 Å². The fourth-order valence-corrected chi connectivity index (χ4v) is 0.968. The first-order valence-electron chi connectivity index (χ1n) is 4.84. The first-order valence-corrected chi connectivity index (χ1v) is 4.84. The number of hydrogen-bond acceptors (Lipinski definition) is 5. The van der Waals surface area contributed by atoms with E-state index in [1.54, 1.807) is 0 Å². The minimum atomic E-state index is -1.75. The summed E-state index contributed by atoms with van der Waals surface area (Å²) in [7, 11) is 1.97. The molecule has 1 fully saturated rings. The summed E-state index contributed by atoms with van der Waals surface area (Å²) in [5, 5.41) is 21.2. The summed E-state index contributed by atoms with van der Waals surface area (Å²) in [5.74, 6) is 0. The lowest BCUT2D eigenvalue weighted by molar-refractivity contribution is -0.670. The number of imidazole rings is 1. The zero-order valence-corrected chi connectivity index (χ0v) is 9.18. The molecule has 1 aromatic heterocycles.